The van der Waals surface area contributed by atoms with Crippen molar-refractivity contribution in [2.24, 2.45) is 17.1 Å². The zero-order valence-electron chi connectivity index (χ0n) is 13.4. The van der Waals surface area contributed by atoms with Crippen molar-refractivity contribution in [1.29, 1.82) is 0 Å². The average molecular weight is 290 g/mol. The third kappa shape index (κ3) is 3.69. The highest BCUT2D eigenvalue weighted by atomic mass is 16.5. The molecule has 2 unspecified atom stereocenters. The van der Waals surface area contributed by atoms with Crippen LogP contribution in [-0.4, -0.2) is 19.1 Å². The predicted octanol–water partition coefficient (Wildman–Crippen LogP) is 3.42. The number of primary amides is 1. The summed E-state index contributed by atoms with van der Waals surface area (Å²) in [7, 11) is 1.64. The lowest BCUT2D eigenvalue weighted by molar-refractivity contribution is 0.100. The first-order chi connectivity index (χ1) is 9.82. The first kappa shape index (κ1) is 15.7. The minimum Gasteiger partial charge on any atom is -0.495 e. The Kier molecular flexibility index (Phi) is 4.45. The number of nitrogens with one attached hydrogen (secondary N) is 1. The number of ether oxygens (including phenoxy) is 1. The number of benzene rings is 1. The molecule has 1 saturated carbocycles. The minimum atomic E-state index is -0.418. The van der Waals surface area contributed by atoms with Crippen LogP contribution in [0.5, 0.6) is 5.75 Å². The lowest BCUT2D eigenvalue weighted by Gasteiger charge is -2.40. The van der Waals surface area contributed by atoms with E-state index in [4.69, 9.17) is 10.5 Å². The molecule has 2 atom stereocenters. The molecule has 1 aliphatic rings. The van der Waals surface area contributed by atoms with Gasteiger partial charge in [-0.2, -0.15) is 0 Å². The molecule has 0 radical (unpaired) electrons. The topological polar surface area (TPSA) is 64.3 Å². The van der Waals surface area contributed by atoms with Crippen LogP contribution >= 0.6 is 0 Å². The van der Waals surface area contributed by atoms with Gasteiger partial charge in [0.2, 0.25) is 5.91 Å². The normalized spacial score (nSPS) is 24.4. The molecule has 0 aliphatic heterocycles. The number of hydrogen-bond acceptors (Lipinski definition) is 3. The molecule has 1 aliphatic carbocycles. The van der Waals surface area contributed by atoms with E-state index in [-0.39, 0.29) is 0 Å². The Bertz CT molecular complexity index is 526. The van der Waals surface area contributed by atoms with Gasteiger partial charge in [-0.25, -0.2) is 0 Å². The second-order valence-electron chi connectivity index (χ2n) is 6.91. The number of rotatable bonds is 4. The van der Waals surface area contributed by atoms with E-state index in [1.54, 1.807) is 25.3 Å². The van der Waals surface area contributed by atoms with E-state index in [0.29, 0.717) is 22.9 Å². The smallest absolute Gasteiger partial charge is 0.248 e. The van der Waals surface area contributed by atoms with Crippen LogP contribution in [0.2, 0.25) is 0 Å². The van der Waals surface area contributed by atoms with Crippen molar-refractivity contribution in [2.75, 3.05) is 12.4 Å². The van der Waals surface area contributed by atoms with Gasteiger partial charge in [0.1, 0.15) is 5.75 Å². The van der Waals surface area contributed by atoms with Crippen LogP contribution in [0.3, 0.4) is 0 Å². The number of anilines is 1. The summed E-state index contributed by atoms with van der Waals surface area (Å²) in [6.45, 7) is 6.94. The van der Waals surface area contributed by atoms with Gasteiger partial charge in [-0.15, -0.1) is 0 Å². The number of methoxy groups -OCH3 is 1. The van der Waals surface area contributed by atoms with E-state index in [0.717, 1.165) is 17.9 Å². The van der Waals surface area contributed by atoms with Gasteiger partial charge in [0.05, 0.1) is 12.8 Å². The molecule has 21 heavy (non-hydrogen) atoms. The number of nitrogens with two attached hydrogens (primary N) is 1. The summed E-state index contributed by atoms with van der Waals surface area (Å²) in [6, 6.07) is 5.67. The van der Waals surface area contributed by atoms with Gasteiger partial charge in [0.15, 0.2) is 0 Å². The van der Waals surface area contributed by atoms with Gasteiger partial charge in [-0.05, 0) is 48.8 Å². The van der Waals surface area contributed by atoms with Crippen LogP contribution in [0.15, 0.2) is 18.2 Å². The SMILES string of the molecule is COc1ccc(C(N)=O)cc1NC1CCC(C)(C)CC1C. The third-order valence-electron chi connectivity index (χ3n) is 4.52. The lowest BCUT2D eigenvalue weighted by Crippen LogP contribution is -2.37. The summed E-state index contributed by atoms with van der Waals surface area (Å²) >= 11 is 0. The fourth-order valence-corrected chi connectivity index (χ4v) is 3.33. The molecular formula is C17H26N2O2. The Morgan fingerprint density at radius 3 is 2.71 bits per heavy atom. The molecule has 0 saturated heterocycles. The number of hydrogen-bond donors (Lipinski definition) is 2. The third-order valence-corrected chi connectivity index (χ3v) is 4.52. The van der Waals surface area contributed by atoms with Crippen molar-refractivity contribution >= 4 is 11.6 Å². The van der Waals surface area contributed by atoms with Crippen molar-refractivity contribution in [1.82, 2.24) is 0 Å². The largest absolute Gasteiger partial charge is 0.495 e. The van der Waals surface area contributed by atoms with Crippen molar-refractivity contribution in [2.45, 2.75) is 46.1 Å². The summed E-state index contributed by atoms with van der Waals surface area (Å²) in [5.41, 5.74) is 7.13. The Morgan fingerprint density at radius 2 is 2.14 bits per heavy atom. The van der Waals surface area contributed by atoms with E-state index in [1.165, 1.54) is 12.8 Å². The average Bonchev–Trinajstić information content (AvgIpc) is 2.41. The highest BCUT2D eigenvalue weighted by molar-refractivity contribution is 5.94. The van der Waals surface area contributed by atoms with E-state index in [1.807, 2.05) is 0 Å². The molecule has 3 N–H and O–H groups in total. The van der Waals surface area contributed by atoms with Gasteiger partial charge < -0.3 is 15.8 Å². The zero-order chi connectivity index (χ0) is 15.6. The lowest BCUT2D eigenvalue weighted by atomic mass is 9.70. The van der Waals surface area contributed by atoms with Crippen molar-refractivity contribution in [3.63, 3.8) is 0 Å². The molecular weight excluding hydrogens is 264 g/mol. The molecule has 4 nitrogen and oxygen atoms in total. The first-order valence-electron chi connectivity index (χ1n) is 7.57. The fourth-order valence-electron chi connectivity index (χ4n) is 3.33. The van der Waals surface area contributed by atoms with E-state index in [2.05, 4.69) is 26.1 Å². The monoisotopic (exact) mass is 290 g/mol. The van der Waals surface area contributed by atoms with Crippen LogP contribution in [0.1, 0.15) is 50.4 Å². The van der Waals surface area contributed by atoms with Gasteiger partial charge >= 0.3 is 0 Å². The molecule has 0 spiro atoms. The Labute approximate surface area is 127 Å². The molecule has 1 aromatic carbocycles. The summed E-state index contributed by atoms with van der Waals surface area (Å²) in [6.07, 6.45) is 3.52. The number of amides is 1. The Hall–Kier alpha value is -1.71. The molecule has 2 rings (SSSR count). The van der Waals surface area contributed by atoms with E-state index in [9.17, 15) is 4.79 Å². The second-order valence-corrected chi connectivity index (χ2v) is 6.91. The summed E-state index contributed by atoms with van der Waals surface area (Å²) < 4.78 is 5.38. The van der Waals surface area contributed by atoms with Crippen LogP contribution in [0.4, 0.5) is 5.69 Å². The minimum absolute atomic E-state index is 0.398. The summed E-state index contributed by atoms with van der Waals surface area (Å²) in [5.74, 6) is 0.909. The highest BCUT2D eigenvalue weighted by Gasteiger charge is 2.32. The maximum Gasteiger partial charge on any atom is 0.248 e. The highest BCUT2D eigenvalue weighted by Crippen LogP contribution is 2.40. The summed E-state index contributed by atoms with van der Waals surface area (Å²) in [5, 5.41) is 3.55. The summed E-state index contributed by atoms with van der Waals surface area (Å²) in [4.78, 5) is 11.3. The fraction of sp³-hybridized carbons (Fsp3) is 0.588. The molecule has 0 heterocycles. The zero-order valence-corrected chi connectivity index (χ0v) is 13.4. The van der Waals surface area contributed by atoms with Gasteiger partial charge in [-0.3, -0.25) is 4.79 Å². The van der Waals surface area contributed by atoms with E-state index < -0.39 is 5.91 Å². The number of carbonyl (C=O) groups excluding carboxylic acids is 1. The molecule has 4 heteroatoms. The molecule has 1 aromatic rings. The van der Waals surface area contributed by atoms with Gasteiger partial charge in [0, 0.05) is 11.6 Å². The molecule has 1 fully saturated rings. The van der Waals surface area contributed by atoms with Gasteiger partial charge in [0.25, 0.3) is 0 Å². The van der Waals surface area contributed by atoms with Crippen molar-refractivity contribution in [3.05, 3.63) is 23.8 Å². The predicted molar refractivity (Wildman–Crippen MR) is 85.7 cm³/mol. The Balaban J connectivity index is 2.18. The molecule has 116 valence electrons. The standard InChI is InChI=1S/C17H26N2O2/c1-11-10-17(2,3)8-7-13(11)19-14-9-12(16(18)20)5-6-15(14)21-4/h5-6,9,11,13,19H,7-8,10H2,1-4H3,(H2,18,20). The molecule has 0 bridgehead atoms. The van der Waals surface area contributed by atoms with E-state index >= 15 is 0 Å². The van der Waals surface area contributed by atoms with Crippen molar-refractivity contribution in [3.8, 4) is 5.75 Å². The molecule has 0 aromatic heterocycles. The maximum absolute atomic E-state index is 11.3. The second kappa shape index (κ2) is 5.96. The molecule has 1 amide bonds. The van der Waals surface area contributed by atoms with Crippen LogP contribution < -0.4 is 15.8 Å². The van der Waals surface area contributed by atoms with Crippen LogP contribution in [0, 0.1) is 11.3 Å². The maximum atomic E-state index is 11.3. The Morgan fingerprint density at radius 1 is 1.43 bits per heavy atom. The first-order valence-corrected chi connectivity index (χ1v) is 7.57. The van der Waals surface area contributed by atoms with Gasteiger partial charge in [-0.1, -0.05) is 20.8 Å². The number of carbonyl (C=O) groups is 1. The van der Waals surface area contributed by atoms with Crippen LogP contribution in [-0.2, 0) is 0 Å². The quantitative estimate of drug-likeness (QED) is 0.893. The van der Waals surface area contributed by atoms with Crippen molar-refractivity contribution < 1.29 is 9.53 Å². The van der Waals surface area contributed by atoms with Crippen LogP contribution in [0.25, 0.3) is 0 Å².